The van der Waals surface area contributed by atoms with Crippen molar-refractivity contribution in [2.24, 2.45) is 0 Å². The van der Waals surface area contributed by atoms with E-state index in [1.54, 1.807) is 0 Å². The molecule has 0 spiro atoms. The molecule has 1 N–H and O–H groups in total. The van der Waals surface area contributed by atoms with Crippen LogP contribution in [-0.2, 0) is 0 Å². The summed E-state index contributed by atoms with van der Waals surface area (Å²) < 4.78 is 0. The number of aryl methyl sites for hydroxylation is 1. The van der Waals surface area contributed by atoms with Crippen LogP contribution >= 0.6 is 0 Å². The van der Waals surface area contributed by atoms with E-state index in [9.17, 15) is 0 Å². The van der Waals surface area contributed by atoms with E-state index < -0.39 is 0 Å². The fourth-order valence-corrected chi connectivity index (χ4v) is 2.65. The molecule has 0 aliphatic rings. The molecule has 0 saturated heterocycles. The van der Waals surface area contributed by atoms with E-state index in [1.165, 1.54) is 16.5 Å². The van der Waals surface area contributed by atoms with Gasteiger partial charge in [-0.1, -0.05) is 18.2 Å². The van der Waals surface area contributed by atoms with E-state index in [2.05, 4.69) is 51.7 Å². The lowest BCUT2D eigenvalue weighted by molar-refractivity contribution is 0.694. The summed E-state index contributed by atoms with van der Waals surface area (Å²) in [6, 6.07) is 12.8. The number of fused-ring (bicyclic) bond motifs is 1. The molecule has 100 valence electrons. The second-order valence-corrected chi connectivity index (χ2v) is 4.90. The number of hydrogen-bond donors (Lipinski definition) is 1. The highest BCUT2D eigenvalue weighted by molar-refractivity contribution is 5.85. The van der Waals surface area contributed by atoms with Crippen molar-refractivity contribution in [2.45, 2.75) is 13.0 Å². The van der Waals surface area contributed by atoms with Crippen molar-refractivity contribution in [2.75, 3.05) is 7.05 Å². The highest BCUT2D eigenvalue weighted by atomic mass is 14.9. The van der Waals surface area contributed by atoms with Crippen molar-refractivity contribution in [3.05, 3.63) is 71.8 Å². The Balaban J connectivity index is 2.17. The van der Waals surface area contributed by atoms with Crippen LogP contribution in [0.4, 0.5) is 0 Å². The Morgan fingerprint density at radius 2 is 2.00 bits per heavy atom. The summed E-state index contributed by atoms with van der Waals surface area (Å²) in [5.41, 5.74) is 3.52. The van der Waals surface area contributed by atoms with E-state index in [-0.39, 0.29) is 6.04 Å². The predicted octanol–water partition coefficient (Wildman–Crippen LogP) is 3.25. The van der Waals surface area contributed by atoms with Crippen LogP contribution in [0.2, 0.25) is 0 Å². The molecule has 0 radical (unpaired) electrons. The van der Waals surface area contributed by atoms with E-state index in [0.717, 1.165) is 11.1 Å². The highest BCUT2D eigenvalue weighted by Crippen LogP contribution is 2.28. The molecule has 0 aliphatic carbocycles. The number of rotatable bonds is 3. The van der Waals surface area contributed by atoms with Crippen LogP contribution in [0.15, 0.2) is 55.0 Å². The Labute approximate surface area is 118 Å². The minimum absolute atomic E-state index is 0.155. The summed E-state index contributed by atoms with van der Waals surface area (Å²) in [5, 5.41) is 5.80. The number of nitrogens with zero attached hydrogens (tertiary/aromatic N) is 2. The summed E-state index contributed by atoms with van der Waals surface area (Å²) in [4.78, 5) is 8.47. The van der Waals surface area contributed by atoms with E-state index in [1.807, 2.05) is 32.6 Å². The number of pyridine rings is 2. The molecule has 0 aliphatic heterocycles. The van der Waals surface area contributed by atoms with Gasteiger partial charge in [-0.3, -0.25) is 9.97 Å². The van der Waals surface area contributed by atoms with Gasteiger partial charge in [0.25, 0.3) is 0 Å². The van der Waals surface area contributed by atoms with Crippen LogP contribution in [0, 0.1) is 6.92 Å². The van der Waals surface area contributed by atoms with Crippen molar-refractivity contribution in [3.63, 3.8) is 0 Å². The zero-order valence-corrected chi connectivity index (χ0v) is 11.7. The molecular weight excluding hydrogens is 246 g/mol. The van der Waals surface area contributed by atoms with Crippen LogP contribution in [0.1, 0.15) is 22.9 Å². The van der Waals surface area contributed by atoms with Gasteiger partial charge in [-0.25, -0.2) is 0 Å². The topological polar surface area (TPSA) is 37.8 Å². The number of nitrogens with one attached hydrogen (secondary N) is 1. The molecule has 0 amide bonds. The molecule has 3 aromatic rings. The van der Waals surface area contributed by atoms with E-state index >= 15 is 0 Å². The lowest BCUT2D eigenvalue weighted by Gasteiger charge is -2.19. The molecule has 3 nitrogen and oxygen atoms in total. The first kappa shape index (κ1) is 12.8. The Morgan fingerprint density at radius 1 is 1.10 bits per heavy atom. The fourth-order valence-electron chi connectivity index (χ4n) is 2.65. The van der Waals surface area contributed by atoms with Gasteiger partial charge in [-0.15, -0.1) is 0 Å². The molecule has 20 heavy (non-hydrogen) atoms. The van der Waals surface area contributed by atoms with Gasteiger partial charge in [0.05, 0.1) is 6.04 Å². The SMILES string of the molecule is CNC(c1ccnc(C)c1)c1cccc2cnccc12. The molecular formula is C17H17N3. The van der Waals surface area contributed by atoms with Crippen LogP contribution in [-0.4, -0.2) is 17.0 Å². The Hall–Kier alpha value is -2.26. The average molecular weight is 263 g/mol. The standard InChI is InChI=1S/C17H17N3/c1-12-10-13(6-9-20-12)17(18-2)16-5-3-4-14-11-19-8-7-15(14)16/h3-11,17-18H,1-2H3. The predicted molar refractivity (Wildman–Crippen MR) is 81.6 cm³/mol. The van der Waals surface area contributed by atoms with Gasteiger partial charge in [0, 0.05) is 29.7 Å². The van der Waals surface area contributed by atoms with Gasteiger partial charge in [0.1, 0.15) is 0 Å². The van der Waals surface area contributed by atoms with Crippen LogP contribution < -0.4 is 5.32 Å². The molecule has 0 fully saturated rings. The third kappa shape index (κ3) is 2.28. The largest absolute Gasteiger partial charge is 0.309 e. The first-order valence-electron chi connectivity index (χ1n) is 6.72. The quantitative estimate of drug-likeness (QED) is 0.788. The number of hydrogen-bond acceptors (Lipinski definition) is 3. The van der Waals surface area contributed by atoms with Crippen LogP contribution in [0.25, 0.3) is 10.8 Å². The summed E-state index contributed by atoms with van der Waals surface area (Å²) in [5.74, 6) is 0. The van der Waals surface area contributed by atoms with Gasteiger partial charge in [-0.05, 0) is 48.7 Å². The molecule has 3 rings (SSSR count). The van der Waals surface area contributed by atoms with Gasteiger partial charge >= 0.3 is 0 Å². The monoisotopic (exact) mass is 263 g/mol. The second kappa shape index (κ2) is 5.39. The minimum atomic E-state index is 0.155. The Bertz CT molecular complexity index is 732. The molecule has 3 heteroatoms. The molecule has 0 saturated carbocycles. The van der Waals surface area contributed by atoms with Crippen molar-refractivity contribution in [1.82, 2.24) is 15.3 Å². The molecule has 0 bridgehead atoms. The maximum atomic E-state index is 4.27. The van der Waals surface area contributed by atoms with Crippen molar-refractivity contribution in [1.29, 1.82) is 0 Å². The fraction of sp³-hybridized carbons (Fsp3) is 0.176. The zero-order valence-electron chi connectivity index (χ0n) is 11.7. The van der Waals surface area contributed by atoms with E-state index in [4.69, 9.17) is 0 Å². The highest BCUT2D eigenvalue weighted by Gasteiger charge is 2.14. The summed E-state index contributed by atoms with van der Waals surface area (Å²) >= 11 is 0. The van der Waals surface area contributed by atoms with Gasteiger partial charge in [-0.2, -0.15) is 0 Å². The van der Waals surface area contributed by atoms with Crippen molar-refractivity contribution in [3.8, 4) is 0 Å². The third-order valence-corrected chi connectivity index (χ3v) is 3.57. The molecule has 2 aromatic heterocycles. The maximum absolute atomic E-state index is 4.27. The maximum Gasteiger partial charge on any atom is 0.0581 e. The molecule has 1 aromatic carbocycles. The lowest BCUT2D eigenvalue weighted by Crippen LogP contribution is -2.18. The van der Waals surface area contributed by atoms with Crippen molar-refractivity contribution >= 4 is 10.8 Å². The van der Waals surface area contributed by atoms with Crippen LogP contribution in [0.3, 0.4) is 0 Å². The lowest BCUT2D eigenvalue weighted by atomic mass is 9.95. The number of aromatic nitrogens is 2. The molecule has 2 heterocycles. The Kier molecular flexibility index (Phi) is 3.44. The molecule has 1 atom stereocenters. The van der Waals surface area contributed by atoms with Gasteiger partial charge < -0.3 is 5.32 Å². The summed E-state index contributed by atoms with van der Waals surface area (Å²) in [7, 11) is 1.99. The third-order valence-electron chi connectivity index (χ3n) is 3.57. The summed E-state index contributed by atoms with van der Waals surface area (Å²) in [6.07, 6.45) is 5.61. The number of benzene rings is 1. The first-order valence-corrected chi connectivity index (χ1v) is 6.72. The normalized spacial score (nSPS) is 12.5. The zero-order chi connectivity index (χ0) is 13.9. The van der Waals surface area contributed by atoms with Gasteiger partial charge in [0.15, 0.2) is 0 Å². The van der Waals surface area contributed by atoms with E-state index in [0.29, 0.717) is 0 Å². The Morgan fingerprint density at radius 3 is 2.80 bits per heavy atom. The van der Waals surface area contributed by atoms with Crippen LogP contribution in [0.5, 0.6) is 0 Å². The minimum Gasteiger partial charge on any atom is -0.309 e. The van der Waals surface area contributed by atoms with Gasteiger partial charge in [0.2, 0.25) is 0 Å². The average Bonchev–Trinajstić information content (AvgIpc) is 2.48. The molecule has 1 unspecified atom stereocenters. The smallest absolute Gasteiger partial charge is 0.0581 e. The first-order chi connectivity index (χ1) is 9.79. The second-order valence-electron chi connectivity index (χ2n) is 4.90. The van der Waals surface area contributed by atoms with Crippen molar-refractivity contribution < 1.29 is 0 Å². The summed E-state index contributed by atoms with van der Waals surface area (Å²) in [6.45, 7) is 2.02.